The van der Waals surface area contributed by atoms with E-state index >= 15 is 0 Å². The number of hydrogen-bond donors (Lipinski definition) is 2. The highest BCUT2D eigenvalue weighted by Crippen LogP contribution is 2.24. The van der Waals surface area contributed by atoms with E-state index in [9.17, 15) is 24.5 Å². The SMILES string of the molecule is O=C(CCCn1c(=O)oc2cc([N+](=O)[O-])ccc21)NC1CCC(C(=O)O)CC1. The van der Waals surface area contributed by atoms with Crippen LogP contribution in [0.2, 0.25) is 0 Å². The number of aryl methyl sites for hydroxylation is 1. The van der Waals surface area contributed by atoms with Gasteiger partial charge in [-0.25, -0.2) is 4.79 Å². The molecule has 1 amide bonds. The van der Waals surface area contributed by atoms with Crippen LogP contribution in [0.1, 0.15) is 38.5 Å². The van der Waals surface area contributed by atoms with Gasteiger partial charge in [-0.3, -0.25) is 24.3 Å². The first kappa shape index (κ1) is 19.6. The van der Waals surface area contributed by atoms with Gasteiger partial charge in [-0.05, 0) is 38.2 Å². The van der Waals surface area contributed by atoms with Gasteiger partial charge < -0.3 is 14.8 Å². The molecule has 2 N–H and O–H groups in total. The maximum absolute atomic E-state index is 12.1. The quantitative estimate of drug-likeness (QED) is 0.542. The van der Waals surface area contributed by atoms with Crippen LogP contribution in [0, 0.1) is 16.0 Å². The molecule has 1 heterocycles. The highest BCUT2D eigenvalue weighted by Gasteiger charge is 2.26. The number of fused-ring (bicyclic) bond motifs is 1. The van der Waals surface area contributed by atoms with Crippen LogP contribution >= 0.6 is 0 Å². The molecular formula is C18H21N3O7. The summed E-state index contributed by atoms with van der Waals surface area (Å²) in [7, 11) is 0. The molecule has 2 aromatic rings. The van der Waals surface area contributed by atoms with E-state index in [1.807, 2.05) is 0 Å². The molecule has 0 saturated heterocycles. The zero-order valence-corrected chi connectivity index (χ0v) is 15.1. The van der Waals surface area contributed by atoms with Crippen LogP contribution < -0.4 is 11.1 Å². The monoisotopic (exact) mass is 391 g/mol. The molecule has 0 spiro atoms. The molecule has 10 heteroatoms. The van der Waals surface area contributed by atoms with Crippen LogP contribution in [0.15, 0.2) is 27.4 Å². The van der Waals surface area contributed by atoms with Gasteiger partial charge in [0.05, 0.1) is 22.4 Å². The Kier molecular flexibility index (Phi) is 5.76. The normalized spacial score (nSPS) is 19.4. The molecule has 0 aliphatic heterocycles. The number of carboxylic acid groups (broad SMARTS) is 1. The van der Waals surface area contributed by atoms with Crippen LogP contribution in [0.25, 0.3) is 11.1 Å². The van der Waals surface area contributed by atoms with Crippen LogP contribution in [-0.2, 0) is 16.1 Å². The number of carbonyl (C=O) groups excluding carboxylic acids is 1. The van der Waals surface area contributed by atoms with E-state index in [1.165, 1.54) is 22.8 Å². The average Bonchev–Trinajstić information content (AvgIpc) is 2.96. The molecule has 0 atom stereocenters. The van der Waals surface area contributed by atoms with Crippen LogP contribution in [0.3, 0.4) is 0 Å². The van der Waals surface area contributed by atoms with Gasteiger partial charge in [-0.2, -0.15) is 0 Å². The summed E-state index contributed by atoms with van der Waals surface area (Å²) in [5.74, 6) is -1.88. The Morgan fingerprint density at radius 2 is 2.00 bits per heavy atom. The number of non-ortho nitro benzene ring substituents is 1. The summed E-state index contributed by atoms with van der Waals surface area (Å²) in [6, 6.07) is 3.95. The Bertz CT molecular complexity index is 954. The Hall–Kier alpha value is -3.17. The Labute approximate surface area is 159 Å². The fourth-order valence-electron chi connectivity index (χ4n) is 3.56. The number of carbonyl (C=O) groups is 2. The second-order valence-corrected chi connectivity index (χ2v) is 6.99. The molecule has 1 aromatic carbocycles. The van der Waals surface area contributed by atoms with Crippen molar-refractivity contribution in [1.29, 1.82) is 0 Å². The summed E-state index contributed by atoms with van der Waals surface area (Å²) < 4.78 is 6.40. The minimum atomic E-state index is -0.784. The van der Waals surface area contributed by atoms with Gasteiger partial charge in [-0.15, -0.1) is 0 Å². The summed E-state index contributed by atoms with van der Waals surface area (Å²) in [5, 5.41) is 22.7. The van der Waals surface area contributed by atoms with Crippen molar-refractivity contribution in [3.8, 4) is 0 Å². The van der Waals surface area contributed by atoms with Crippen LogP contribution in [0.5, 0.6) is 0 Å². The minimum absolute atomic E-state index is 0.0128. The predicted molar refractivity (Wildman–Crippen MR) is 97.9 cm³/mol. The molecule has 0 unspecified atom stereocenters. The lowest BCUT2D eigenvalue weighted by atomic mass is 9.86. The first-order valence-corrected chi connectivity index (χ1v) is 9.15. The molecular weight excluding hydrogens is 370 g/mol. The molecule has 1 aromatic heterocycles. The molecule has 1 saturated carbocycles. The molecule has 1 aliphatic carbocycles. The number of aromatic nitrogens is 1. The Balaban J connectivity index is 1.52. The molecule has 1 fully saturated rings. The summed E-state index contributed by atoms with van der Waals surface area (Å²) >= 11 is 0. The fourth-order valence-corrected chi connectivity index (χ4v) is 3.56. The number of hydrogen-bond acceptors (Lipinski definition) is 6. The second-order valence-electron chi connectivity index (χ2n) is 6.99. The Morgan fingerprint density at radius 1 is 1.29 bits per heavy atom. The van der Waals surface area contributed by atoms with Gasteiger partial charge in [0, 0.05) is 25.1 Å². The number of benzene rings is 1. The number of oxazole rings is 1. The predicted octanol–water partition coefficient (Wildman–Crippen LogP) is 2.04. The number of nitro groups is 1. The second kappa shape index (κ2) is 8.24. The molecule has 1 aliphatic rings. The molecule has 0 radical (unpaired) electrons. The lowest BCUT2D eigenvalue weighted by Gasteiger charge is -2.26. The number of aliphatic carboxylic acids is 1. The molecule has 10 nitrogen and oxygen atoms in total. The lowest BCUT2D eigenvalue weighted by Crippen LogP contribution is -2.38. The van der Waals surface area contributed by atoms with Crippen molar-refractivity contribution in [3.05, 3.63) is 38.9 Å². The third-order valence-electron chi connectivity index (χ3n) is 5.09. The maximum Gasteiger partial charge on any atom is 0.419 e. The van der Waals surface area contributed by atoms with Gasteiger partial charge in [0.25, 0.3) is 5.69 Å². The number of carboxylic acids is 1. The van der Waals surface area contributed by atoms with Crippen molar-refractivity contribution in [2.45, 2.75) is 51.1 Å². The van der Waals surface area contributed by atoms with E-state index in [-0.39, 0.29) is 42.1 Å². The number of rotatable bonds is 7. The van der Waals surface area contributed by atoms with Crippen molar-refractivity contribution in [2.24, 2.45) is 5.92 Å². The topological polar surface area (TPSA) is 145 Å². The summed E-state index contributed by atoms with van der Waals surface area (Å²) in [6.07, 6.45) is 3.03. The number of nitrogens with zero attached hydrogens (tertiary/aromatic N) is 2. The third-order valence-corrected chi connectivity index (χ3v) is 5.09. The zero-order valence-electron chi connectivity index (χ0n) is 15.1. The van der Waals surface area contributed by atoms with Crippen molar-refractivity contribution in [1.82, 2.24) is 9.88 Å². The van der Waals surface area contributed by atoms with Gasteiger partial charge >= 0.3 is 11.7 Å². The minimum Gasteiger partial charge on any atom is -0.481 e. The summed E-state index contributed by atoms with van der Waals surface area (Å²) in [5.41, 5.74) is 0.423. The Morgan fingerprint density at radius 3 is 2.64 bits per heavy atom. The highest BCUT2D eigenvalue weighted by molar-refractivity contribution is 5.77. The molecule has 150 valence electrons. The van der Waals surface area contributed by atoms with E-state index < -0.39 is 16.6 Å². The zero-order chi connectivity index (χ0) is 20.3. The van der Waals surface area contributed by atoms with Crippen molar-refractivity contribution in [3.63, 3.8) is 0 Å². The van der Waals surface area contributed by atoms with E-state index in [2.05, 4.69) is 5.32 Å². The van der Waals surface area contributed by atoms with Crippen LogP contribution in [-0.4, -0.2) is 32.5 Å². The third kappa shape index (κ3) is 4.38. The van der Waals surface area contributed by atoms with Gasteiger partial charge in [-0.1, -0.05) is 0 Å². The smallest absolute Gasteiger partial charge is 0.419 e. The number of nitro benzene ring substituents is 1. The van der Waals surface area contributed by atoms with Gasteiger partial charge in [0.2, 0.25) is 5.91 Å². The van der Waals surface area contributed by atoms with E-state index in [4.69, 9.17) is 9.52 Å². The molecule has 28 heavy (non-hydrogen) atoms. The maximum atomic E-state index is 12.1. The lowest BCUT2D eigenvalue weighted by molar-refractivity contribution is -0.384. The van der Waals surface area contributed by atoms with E-state index in [1.54, 1.807) is 0 Å². The van der Waals surface area contributed by atoms with Gasteiger partial charge in [0.1, 0.15) is 0 Å². The van der Waals surface area contributed by atoms with Crippen molar-refractivity contribution < 1.29 is 24.0 Å². The molecule has 3 rings (SSSR count). The summed E-state index contributed by atoms with van der Waals surface area (Å²) in [6.45, 7) is 0.253. The summed E-state index contributed by atoms with van der Waals surface area (Å²) in [4.78, 5) is 45.3. The van der Waals surface area contributed by atoms with E-state index in [0.717, 1.165) is 0 Å². The largest absolute Gasteiger partial charge is 0.481 e. The average molecular weight is 391 g/mol. The van der Waals surface area contributed by atoms with Crippen molar-refractivity contribution >= 4 is 28.7 Å². The number of amides is 1. The first-order chi connectivity index (χ1) is 13.3. The first-order valence-electron chi connectivity index (χ1n) is 9.15. The van der Waals surface area contributed by atoms with E-state index in [0.29, 0.717) is 37.6 Å². The van der Waals surface area contributed by atoms with Gasteiger partial charge in [0.15, 0.2) is 5.58 Å². The standard InChI is InChI=1S/C18H21N3O7/c22-16(19-12-5-3-11(4-6-12)17(23)24)2-1-9-20-14-8-7-13(21(26)27)10-15(14)28-18(20)25/h7-8,10-12H,1-6,9H2,(H,19,22)(H,23,24). The molecule has 0 bridgehead atoms. The van der Waals surface area contributed by atoms with Crippen molar-refractivity contribution in [2.75, 3.05) is 0 Å². The highest BCUT2D eigenvalue weighted by atomic mass is 16.6. The van der Waals surface area contributed by atoms with Crippen LogP contribution in [0.4, 0.5) is 5.69 Å². The number of nitrogens with one attached hydrogen (secondary N) is 1. The fraction of sp³-hybridized carbons (Fsp3) is 0.500.